The van der Waals surface area contributed by atoms with Crippen molar-refractivity contribution in [1.29, 1.82) is 0 Å². The van der Waals surface area contributed by atoms with E-state index < -0.39 is 5.82 Å². The molecule has 14 heavy (non-hydrogen) atoms. The maximum Gasteiger partial charge on any atom is 0.148 e. The summed E-state index contributed by atoms with van der Waals surface area (Å²) in [5.41, 5.74) is 6.32. The molecule has 2 nitrogen and oxygen atoms in total. The quantitative estimate of drug-likeness (QED) is 0.744. The first kappa shape index (κ1) is 9.02. The van der Waals surface area contributed by atoms with Gasteiger partial charge >= 0.3 is 0 Å². The van der Waals surface area contributed by atoms with Gasteiger partial charge in [0.25, 0.3) is 0 Å². The Hall–Kier alpha value is -1.55. The zero-order valence-electron chi connectivity index (χ0n) is 7.33. The summed E-state index contributed by atoms with van der Waals surface area (Å²) in [5, 5.41) is 5.94. The number of hydrogen-bond donors (Lipinski definition) is 2. The molecule has 0 aliphatic heterocycles. The lowest BCUT2D eigenvalue weighted by atomic mass is 10.2. The summed E-state index contributed by atoms with van der Waals surface area (Å²) in [5.74, 6) is -0.397. The predicted molar refractivity (Wildman–Crippen MR) is 58.4 cm³/mol. The van der Waals surface area contributed by atoms with Crippen LogP contribution in [0.5, 0.6) is 0 Å². The highest BCUT2D eigenvalue weighted by Gasteiger charge is 2.04. The highest BCUT2D eigenvalue weighted by Crippen LogP contribution is 2.27. The molecule has 0 fully saturated rings. The highest BCUT2D eigenvalue weighted by molar-refractivity contribution is 7.14. The summed E-state index contributed by atoms with van der Waals surface area (Å²) in [6.45, 7) is 0. The van der Waals surface area contributed by atoms with Crippen molar-refractivity contribution in [1.82, 2.24) is 0 Å². The lowest BCUT2D eigenvalue weighted by molar-refractivity contribution is 0.633. The van der Waals surface area contributed by atoms with E-state index >= 15 is 0 Å². The standard InChI is InChI=1S/C10H9FN2S/c11-7-3-1-4-8(10(7)12)13-9-5-2-6-14-9/h1-6,13H,12H2. The molecule has 4 heteroatoms. The lowest BCUT2D eigenvalue weighted by Crippen LogP contribution is -1.97. The molecule has 0 bridgehead atoms. The smallest absolute Gasteiger partial charge is 0.148 e. The zero-order valence-corrected chi connectivity index (χ0v) is 8.14. The molecule has 0 amide bonds. The average Bonchev–Trinajstić information content (AvgIpc) is 2.66. The van der Waals surface area contributed by atoms with Gasteiger partial charge in [-0.2, -0.15) is 0 Å². The van der Waals surface area contributed by atoms with Gasteiger partial charge in [-0.05, 0) is 29.6 Å². The summed E-state index contributed by atoms with van der Waals surface area (Å²) in [6, 6.07) is 8.55. The van der Waals surface area contributed by atoms with E-state index in [-0.39, 0.29) is 5.69 Å². The Bertz CT molecular complexity index is 426. The van der Waals surface area contributed by atoms with Gasteiger partial charge in [0.15, 0.2) is 0 Å². The van der Waals surface area contributed by atoms with Crippen molar-refractivity contribution in [3.8, 4) is 0 Å². The Kier molecular flexibility index (Phi) is 2.37. The van der Waals surface area contributed by atoms with Crippen molar-refractivity contribution in [3.63, 3.8) is 0 Å². The number of anilines is 3. The fourth-order valence-corrected chi connectivity index (χ4v) is 1.76. The first-order valence-electron chi connectivity index (χ1n) is 4.12. The van der Waals surface area contributed by atoms with Crippen LogP contribution in [0.15, 0.2) is 35.7 Å². The maximum absolute atomic E-state index is 13.0. The molecule has 0 radical (unpaired) electrons. The predicted octanol–water partition coefficient (Wildman–Crippen LogP) is 3.21. The van der Waals surface area contributed by atoms with Crippen LogP contribution in [0.1, 0.15) is 0 Å². The van der Waals surface area contributed by atoms with Crippen molar-refractivity contribution in [2.75, 3.05) is 11.1 Å². The van der Waals surface area contributed by atoms with Crippen LogP contribution in [0.2, 0.25) is 0 Å². The fourth-order valence-electron chi connectivity index (χ4n) is 1.13. The summed E-state index contributed by atoms with van der Waals surface area (Å²) >= 11 is 1.54. The number of rotatable bonds is 2. The minimum atomic E-state index is -0.397. The molecule has 3 N–H and O–H groups in total. The average molecular weight is 208 g/mol. The summed E-state index contributed by atoms with van der Waals surface area (Å²) in [4.78, 5) is 0. The number of thiophene rings is 1. The molecule has 0 spiro atoms. The van der Waals surface area contributed by atoms with Gasteiger partial charge in [-0.25, -0.2) is 4.39 Å². The van der Waals surface area contributed by atoms with Crippen LogP contribution >= 0.6 is 11.3 Å². The Morgan fingerprint density at radius 3 is 2.79 bits per heavy atom. The van der Waals surface area contributed by atoms with Crippen LogP contribution in [0.4, 0.5) is 20.8 Å². The maximum atomic E-state index is 13.0. The molecular weight excluding hydrogens is 199 g/mol. The van der Waals surface area contributed by atoms with Crippen molar-refractivity contribution in [2.45, 2.75) is 0 Å². The summed E-state index contributed by atoms with van der Waals surface area (Å²) in [7, 11) is 0. The van der Waals surface area contributed by atoms with Gasteiger partial charge in [0.2, 0.25) is 0 Å². The van der Waals surface area contributed by atoms with Gasteiger partial charge in [0.1, 0.15) is 5.82 Å². The van der Waals surface area contributed by atoms with Gasteiger partial charge in [-0.3, -0.25) is 0 Å². The van der Waals surface area contributed by atoms with E-state index in [1.165, 1.54) is 6.07 Å². The second kappa shape index (κ2) is 3.67. The first-order chi connectivity index (χ1) is 6.77. The van der Waals surface area contributed by atoms with E-state index in [1.54, 1.807) is 23.5 Å². The van der Waals surface area contributed by atoms with Gasteiger partial charge in [0.05, 0.1) is 16.4 Å². The Morgan fingerprint density at radius 1 is 1.21 bits per heavy atom. The topological polar surface area (TPSA) is 38.0 Å². The van der Waals surface area contributed by atoms with Crippen molar-refractivity contribution in [3.05, 3.63) is 41.5 Å². The van der Waals surface area contributed by atoms with Crippen molar-refractivity contribution < 1.29 is 4.39 Å². The molecule has 0 aliphatic carbocycles. The number of nitrogens with two attached hydrogens (primary N) is 1. The molecule has 72 valence electrons. The molecule has 2 aromatic rings. The van der Waals surface area contributed by atoms with E-state index in [4.69, 9.17) is 5.73 Å². The summed E-state index contributed by atoms with van der Waals surface area (Å²) < 4.78 is 13.0. The second-order valence-corrected chi connectivity index (χ2v) is 3.75. The van der Waals surface area contributed by atoms with E-state index in [9.17, 15) is 4.39 Å². The molecule has 0 saturated carbocycles. The van der Waals surface area contributed by atoms with E-state index in [0.29, 0.717) is 5.69 Å². The molecule has 0 saturated heterocycles. The largest absolute Gasteiger partial charge is 0.395 e. The van der Waals surface area contributed by atoms with Crippen molar-refractivity contribution >= 4 is 27.7 Å². The highest BCUT2D eigenvalue weighted by atomic mass is 32.1. The third kappa shape index (κ3) is 1.70. The van der Waals surface area contributed by atoms with Gasteiger partial charge in [-0.1, -0.05) is 6.07 Å². The second-order valence-electron chi connectivity index (χ2n) is 2.80. The first-order valence-corrected chi connectivity index (χ1v) is 5.00. The molecule has 0 aliphatic rings. The van der Waals surface area contributed by atoms with Gasteiger partial charge in [0, 0.05) is 0 Å². The molecule has 1 aromatic carbocycles. The van der Waals surface area contributed by atoms with Crippen LogP contribution < -0.4 is 11.1 Å². The van der Waals surface area contributed by atoms with Crippen LogP contribution in [-0.4, -0.2) is 0 Å². The monoisotopic (exact) mass is 208 g/mol. The zero-order chi connectivity index (χ0) is 9.97. The molecule has 0 unspecified atom stereocenters. The third-order valence-corrected chi connectivity index (χ3v) is 2.62. The van der Waals surface area contributed by atoms with Gasteiger partial charge in [-0.15, -0.1) is 11.3 Å². The lowest BCUT2D eigenvalue weighted by Gasteiger charge is -2.07. The van der Waals surface area contributed by atoms with Crippen LogP contribution in [0.3, 0.4) is 0 Å². The molecule has 0 atom stereocenters. The van der Waals surface area contributed by atoms with Crippen LogP contribution in [0.25, 0.3) is 0 Å². The minimum Gasteiger partial charge on any atom is -0.395 e. The Morgan fingerprint density at radius 2 is 2.07 bits per heavy atom. The Balaban J connectivity index is 2.29. The third-order valence-electron chi connectivity index (χ3n) is 1.83. The number of para-hydroxylation sites is 1. The number of halogens is 1. The normalized spacial score (nSPS) is 10.1. The number of benzene rings is 1. The fraction of sp³-hybridized carbons (Fsp3) is 0. The van der Waals surface area contributed by atoms with E-state index in [1.807, 2.05) is 17.5 Å². The van der Waals surface area contributed by atoms with E-state index in [0.717, 1.165) is 5.00 Å². The number of hydrogen-bond acceptors (Lipinski definition) is 3. The number of nitrogens with one attached hydrogen (secondary N) is 1. The summed E-state index contributed by atoms with van der Waals surface area (Å²) in [6.07, 6.45) is 0. The van der Waals surface area contributed by atoms with Gasteiger partial charge < -0.3 is 11.1 Å². The molecule has 1 aromatic heterocycles. The van der Waals surface area contributed by atoms with Crippen molar-refractivity contribution in [2.24, 2.45) is 0 Å². The Labute approximate surface area is 85.2 Å². The number of nitrogen functional groups attached to an aromatic ring is 1. The van der Waals surface area contributed by atoms with E-state index in [2.05, 4.69) is 5.32 Å². The minimum absolute atomic E-state index is 0.154. The van der Waals surface area contributed by atoms with Crippen LogP contribution in [0, 0.1) is 5.82 Å². The molecule has 1 heterocycles. The van der Waals surface area contributed by atoms with Crippen LogP contribution in [-0.2, 0) is 0 Å². The SMILES string of the molecule is Nc1c(F)cccc1Nc1cccs1. The molecular formula is C10H9FN2S. The molecule has 2 rings (SSSR count).